The number of carboxylic acids is 1. The minimum Gasteiger partial charge on any atom is -0.477 e. The average Bonchev–Trinajstić information content (AvgIpc) is 3.93. The van der Waals surface area contributed by atoms with Gasteiger partial charge in [0.15, 0.2) is 0 Å². The number of nitrogens with zero attached hydrogens (tertiary/aromatic N) is 9. The van der Waals surface area contributed by atoms with Gasteiger partial charge in [0.25, 0.3) is 5.91 Å². The van der Waals surface area contributed by atoms with Crippen LogP contribution in [-0.2, 0) is 13.1 Å². The minimum atomic E-state index is -1.05. The van der Waals surface area contributed by atoms with Gasteiger partial charge in [0, 0.05) is 60.2 Å². The molecule has 6 aromatic rings. The van der Waals surface area contributed by atoms with Crippen molar-refractivity contribution in [3.05, 3.63) is 83.0 Å². The molecular weight excluding hydrogens is 614 g/mol. The lowest BCUT2D eigenvalue weighted by atomic mass is 10.2. The van der Waals surface area contributed by atoms with Gasteiger partial charge in [-0.1, -0.05) is 0 Å². The van der Waals surface area contributed by atoms with E-state index in [4.69, 9.17) is 5.11 Å². The van der Waals surface area contributed by atoms with Crippen LogP contribution in [0.15, 0.2) is 59.3 Å². The normalized spacial score (nSPS) is 14.2. The van der Waals surface area contributed by atoms with Crippen LogP contribution in [0.25, 0.3) is 22.1 Å². The van der Waals surface area contributed by atoms with Crippen LogP contribution in [0.2, 0.25) is 0 Å². The van der Waals surface area contributed by atoms with Gasteiger partial charge in [-0.3, -0.25) is 14.8 Å². The average molecular weight is 642 g/mol. The molecule has 0 atom stereocenters. The van der Waals surface area contributed by atoms with Crippen molar-refractivity contribution in [1.82, 2.24) is 44.8 Å². The highest BCUT2D eigenvalue weighted by Crippen LogP contribution is 2.27. The number of anilines is 4. The molecule has 16 heteroatoms. The van der Waals surface area contributed by atoms with Crippen LogP contribution in [-0.4, -0.2) is 87.3 Å². The number of rotatable bonds is 6. The first kappa shape index (κ1) is 28.9. The van der Waals surface area contributed by atoms with Gasteiger partial charge >= 0.3 is 5.97 Å². The van der Waals surface area contributed by atoms with Crippen molar-refractivity contribution < 1.29 is 14.7 Å². The van der Waals surface area contributed by atoms with Gasteiger partial charge in [0.1, 0.15) is 58.6 Å². The molecule has 48 heavy (non-hydrogen) atoms. The molecular formula is C32H27N13O3. The number of fused-ring (bicyclic) bond motifs is 4. The van der Waals surface area contributed by atoms with Crippen LogP contribution in [0.3, 0.4) is 0 Å². The Labute approximate surface area is 271 Å². The molecule has 1 amide bonds. The van der Waals surface area contributed by atoms with Gasteiger partial charge in [-0.05, 0) is 37.1 Å². The molecule has 3 aliphatic heterocycles. The highest BCUT2D eigenvalue weighted by Gasteiger charge is 2.22. The van der Waals surface area contributed by atoms with Crippen LogP contribution in [0.1, 0.15) is 56.1 Å². The van der Waals surface area contributed by atoms with Crippen LogP contribution in [0, 0.1) is 0 Å². The Kier molecular flexibility index (Phi) is 7.20. The zero-order valence-corrected chi connectivity index (χ0v) is 25.3. The Morgan fingerprint density at radius 1 is 0.688 bits per heavy atom. The van der Waals surface area contributed by atoms with Crippen LogP contribution in [0.5, 0.6) is 0 Å². The molecule has 0 unspecified atom stereocenters. The highest BCUT2D eigenvalue weighted by molar-refractivity contribution is 6.00. The summed E-state index contributed by atoms with van der Waals surface area (Å²) in [6.07, 6.45) is 12.2. The fourth-order valence-corrected chi connectivity index (χ4v) is 5.77. The maximum atomic E-state index is 12.6. The second-order valence-electron chi connectivity index (χ2n) is 11.4. The Morgan fingerprint density at radius 3 is 1.75 bits per heavy atom. The van der Waals surface area contributed by atoms with Crippen molar-refractivity contribution in [1.29, 1.82) is 0 Å². The first-order chi connectivity index (χ1) is 23.5. The zero-order valence-electron chi connectivity index (χ0n) is 25.3. The number of pyridine rings is 2. The number of carbonyl (C=O) groups is 2. The van der Waals surface area contributed by atoms with E-state index in [1.807, 2.05) is 35.5 Å². The molecule has 1 fully saturated rings. The van der Waals surface area contributed by atoms with Crippen molar-refractivity contribution in [2.24, 2.45) is 9.98 Å². The van der Waals surface area contributed by atoms with Crippen molar-refractivity contribution in [3.8, 4) is 0 Å². The second-order valence-corrected chi connectivity index (χ2v) is 11.4. The third kappa shape index (κ3) is 5.55. The van der Waals surface area contributed by atoms with Gasteiger partial charge < -0.3 is 30.6 Å². The second kappa shape index (κ2) is 12.0. The number of aromatic amines is 2. The molecule has 9 rings (SSSR count). The molecule has 238 valence electrons. The fourth-order valence-electron chi connectivity index (χ4n) is 5.77. The van der Waals surface area contributed by atoms with Crippen LogP contribution >= 0.6 is 0 Å². The Bertz CT molecular complexity index is 2280. The van der Waals surface area contributed by atoms with Crippen LogP contribution in [0.4, 0.5) is 23.3 Å². The van der Waals surface area contributed by atoms with Crippen molar-refractivity contribution in [2.45, 2.75) is 25.9 Å². The lowest BCUT2D eigenvalue weighted by Gasteiger charge is -2.13. The summed E-state index contributed by atoms with van der Waals surface area (Å²) < 4.78 is 0. The molecule has 0 bridgehead atoms. The first-order valence-electron chi connectivity index (χ1n) is 15.2. The number of nitrogens with one attached hydrogen (secondary N) is 4. The predicted octanol–water partition coefficient (Wildman–Crippen LogP) is 3.99. The van der Waals surface area contributed by atoms with E-state index in [1.54, 1.807) is 12.4 Å². The molecule has 0 aliphatic carbocycles. The number of hydrogen-bond acceptors (Lipinski definition) is 12. The lowest BCUT2D eigenvalue weighted by molar-refractivity contribution is 0.0690. The molecule has 0 aromatic carbocycles. The van der Waals surface area contributed by atoms with Gasteiger partial charge in [0.2, 0.25) is 0 Å². The molecule has 5 N–H and O–H groups in total. The number of aliphatic imine (C=N–C) groups is 2. The molecule has 3 aliphatic rings. The monoisotopic (exact) mass is 641 g/mol. The number of aromatic nitrogens is 8. The first-order valence-corrected chi connectivity index (χ1v) is 15.2. The molecule has 0 saturated carbocycles. The number of carbonyl (C=O) groups excluding carboxylic acids is 1. The third-order valence-corrected chi connectivity index (χ3v) is 8.23. The van der Waals surface area contributed by atoms with Crippen molar-refractivity contribution in [3.63, 3.8) is 0 Å². The number of carboxylic acid groups (broad SMARTS) is 1. The summed E-state index contributed by atoms with van der Waals surface area (Å²) in [6.45, 7) is 2.96. The largest absolute Gasteiger partial charge is 0.477 e. The number of H-pyrrole nitrogens is 2. The fraction of sp³-hybridized carbons (Fsp3) is 0.188. The quantitative estimate of drug-likeness (QED) is 0.175. The number of aromatic carboxylic acids is 1. The van der Waals surface area contributed by atoms with E-state index >= 15 is 0 Å². The Hall–Kier alpha value is -6.58. The van der Waals surface area contributed by atoms with E-state index in [0.29, 0.717) is 58.7 Å². The van der Waals surface area contributed by atoms with E-state index in [0.717, 1.165) is 53.6 Å². The Morgan fingerprint density at radius 2 is 1.21 bits per heavy atom. The number of amides is 1. The van der Waals surface area contributed by atoms with Crippen molar-refractivity contribution >= 4 is 69.6 Å². The molecule has 0 radical (unpaired) electrons. The van der Waals surface area contributed by atoms with Gasteiger partial charge in [-0.2, -0.15) is 0 Å². The highest BCUT2D eigenvalue weighted by atomic mass is 16.4. The summed E-state index contributed by atoms with van der Waals surface area (Å²) in [4.78, 5) is 65.3. The summed E-state index contributed by atoms with van der Waals surface area (Å²) >= 11 is 0. The standard InChI is InChI=1S/C18H17N7O.C14H10N6O2/c26-18(25-3-1-2-4-25)14-6-13-16(23-14)21-10-22-17(13)24-15-5-11-7-19-8-12(11)9-20-15;21-14(22)10-2-9-12(19-10)17-6-18-13(9)20-11-1-7-3-15-4-8(7)5-16-11/h5-7,9-10H,1-4,8H2,(H2,20,21,22,23,24);1-3,5-6H,4H2,(H,21,22)(H2,16,17,18,19,20). The van der Waals surface area contributed by atoms with Crippen molar-refractivity contribution in [2.75, 3.05) is 23.7 Å². The van der Waals surface area contributed by atoms with E-state index in [1.165, 1.54) is 18.7 Å². The maximum Gasteiger partial charge on any atom is 0.352 e. The third-order valence-electron chi connectivity index (χ3n) is 8.23. The molecule has 9 heterocycles. The lowest BCUT2D eigenvalue weighted by Crippen LogP contribution is -2.27. The summed E-state index contributed by atoms with van der Waals surface area (Å²) in [5.41, 5.74) is 5.96. The minimum absolute atomic E-state index is 0.0123. The SMILES string of the molecule is O=C(O)c1cc2c(Nc3cc4c(cn3)CN=C4)ncnc2[nH]1.O=C(c1cc2c(Nc3cc4c(cn3)CN=C4)ncnc2[nH]1)N1CCCC1. The van der Waals surface area contributed by atoms with Gasteiger partial charge in [0.05, 0.1) is 23.9 Å². The number of likely N-dealkylation sites (tertiary alicyclic amines) is 1. The van der Waals surface area contributed by atoms with E-state index in [2.05, 4.69) is 60.5 Å². The van der Waals surface area contributed by atoms with E-state index < -0.39 is 5.97 Å². The van der Waals surface area contributed by atoms with Crippen LogP contribution < -0.4 is 10.6 Å². The molecule has 0 spiro atoms. The smallest absolute Gasteiger partial charge is 0.352 e. The van der Waals surface area contributed by atoms with Gasteiger partial charge in [-0.15, -0.1) is 0 Å². The summed E-state index contributed by atoms with van der Waals surface area (Å²) in [6, 6.07) is 7.13. The van der Waals surface area contributed by atoms with E-state index in [9.17, 15) is 9.59 Å². The zero-order chi connectivity index (χ0) is 32.6. The molecule has 1 saturated heterocycles. The summed E-state index contributed by atoms with van der Waals surface area (Å²) in [7, 11) is 0. The molecule has 16 nitrogen and oxygen atoms in total. The van der Waals surface area contributed by atoms with E-state index in [-0.39, 0.29) is 11.6 Å². The summed E-state index contributed by atoms with van der Waals surface area (Å²) in [5.74, 6) is 1.38. The number of hydrogen-bond donors (Lipinski definition) is 5. The Balaban J connectivity index is 0.000000142. The molecule has 6 aromatic heterocycles. The summed E-state index contributed by atoms with van der Waals surface area (Å²) in [5, 5.41) is 16.7. The predicted molar refractivity (Wildman–Crippen MR) is 178 cm³/mol. The maximum absolute atomic E-state index is 12.6. The topological polar surface area (TPSA) is 215 Å². The van der Waals surface area contributed by atoms with Gasteiger partial charge in [-0.25, -0.2) is 34.7 Å².